The zero-order valence-corrected chi connectivity index (χ0v) is 17.5. The number of pyridine rings is 1. The fourth-order valence-electron chi connectivity index (χ4n) is 2.64. The second kappa shape index (κ2) is 9.86. The van der Waals surface area contributed by atoms with Crippen LogP contribution in [0.15, 0.2) is 29.4 Å². The van der Waals surface area contributed by atoms with Crippen LogP contribution in [-0.4, -0.2) is 21.4 Å². The molecule has 0 bridgehead atoms. The Morgan fingerprint density at radius 2 is 2.04 bits per heavy atom. The van der Waals surface area contributed by atoms with Crippen molar-refractivity contribution >= 4 is 35.6 Å². The lowest BCUT2D eigenvalue weighted by Crippen LogP contribution is -2.38. The molecule has 0 fully saturated rings. The highest BCUT2D eigenvalue weighted by Gasteiger charge is 2.05. The summed E-state index contributed by atoms with van der Waals surface area (Å²) in [4.78, 5) is 8.98. The molecule has 0 aliphatic carbocycles. The molecule has 0 aliphatic heterocycles. The maximum absolute atomic E-state index is 5.98. The number of hydrogen-bond acceptors (Lipinski definition) is 2. The third-order valence-electron chi connectivity index (χ3n) is 3.97. The molecule has 2 heterocycles. The third-order valence-corrected chi connectivity index (χ3v) is 3.97. The van der Waals surface area contributed by atoms with Gasteiger partial charge in [-0.1, -0.05) is 32.8 Å². The number of nitrogens with zero attached hydrogens (tertiary/aromatic N) is 3. The van der Waals surface area contributed by atoms with Crippen LogP contribution in [0, 0.1) is 12.8 Å². The Morgan fingerprint density at radius 1 is 1.29 bits per heavy atom. The maximum atomic E-state index is 5.98. The standard InChI is InChI=1S/C18H29N5.HI/c1-13(2)7-5-8-14(3)21-18(19)20-11-16-12-23-15(4)9-6-10-17(23)22-16;/h6,9-10,12-14H,5,7-8,11H2,1-4H3,(H3,19,20,21);1H. The van der Waals surface area contributed by atoms with Crippen LogP contribution in [0.1, 0.15) is 51.4 Å². The third kappa shape index (κ3) is 6.30. The molecule has 5 nitrogen and oxygen atoms in total. The molecule has 1 unspecified atom stereocenters. The molecule has 2 rings (SSSR count). The lowest BCUT2D eigenvalue weighted by atomic mass is 10.0. The number of hydrogen-bond donors (Lipinski definition) is 2. The number of aromatic nitrogens is 2. The van der Waals surface area contributed by atoms with Gasteiger partial charge in [-0.15, -0.1) is 24.0 Å². The summed E-state index contributed by atoms with van der Waals surface area (Å²) in [7, 11) is 0. The van der Waals surface area contributed by atoms with Crippen LogP contribution >= 0.6 is 24.0 Å². The predicted molar refractivity (Wildman–Crippen MR) is 112 cm³/mol. The molecule has 24 heavy (non-hydrogen) atoms. The fraction of sp³-hybridized carbons (Fsp3) is 0.556. The number of rotatable bonds is 7. The largest absolute Gasteiger partial charge is 0.370 e. The van der Waals surface area contributed by atoms with Gasteiger partial charge in [0.15, 0.2) is 5.96 Å². The first kappa shape index (κ1) is 20.7. The monoisotopic (exact) mass is 443 g/mol. The normalized spacial score (nSPS) is 13.1. The second-order valence-corrected chi connectivity index (χ2v) is 6.70. The molecule has 0 saturated heterocycles. The lowest BCUT2D eigenvalue weighted by Gasteiger charge is -2.14. The summed E-state index contributed by atoms with van der Waals surface area (Å²) >= 11 is 0. The summed E-state index contributed by atoms with van der Waals surface area (Å²) in [5.41, 5.74) is 9.02. The SMILES string of the molecule is Cc1cccc2nc(CN=C(N)NC(C)CCCC(C)C)cn12.I. The van der Waals surface area contributed by atoms with E-state index < -0.39 is 0 Å². The Hall–Kier alpha value is -1.31. The summed E-state index contributed by atoms with van der Waals surface area (Å²) in [5.74, 6) is 1.25. The van der Waals surface area contributed by atoms with Crippen molar-refractivity contribution in [1.82, 2.24) is 14.7 Å². The summed E-state index contributed by atoms with van der Waals surface area (Å²) < 4.78 is 2.07. The van der Waals surface area contributed by atoms with E-state index in [0.717, 1.165) is 29.4 Å². The van der Waals surface area contributed by atoms with Crippen molar-refractivity contribution in [2.24, 2.45) is 16.6 Å². The predicted octanol–water partition coefficient (Wildman–Crippen LogP) is 3.88. The fourth-order valence-corrected chi connectivity index (χ4v) is 2.64. The molecule has 0 aromatic carbocycles. The zero-order valence-electron chi connectivity index (χ0n) is 15.1. The van der Waals surface area contributed by atoms with Crippen LogP contribution in [0.25, 0.3) is 5.65 Å². The Balaban J connectivity index is 0.00000288. The smallest absolute Gasteiger partial charge is 0.189 e. The number of aryl methyl sites for hydroxylation is 1. The highest BCUT2D eigenvalue weighted by atomic mass is 127. The van der Waals surface area contributed by atoms with Crippen molar-refractivity contribution in [2.75, 3.05) is 0 Å². The molecule has 3 N–H and O–H groups in total. The Bertz CT molecular complexity index is 662. The van der Waals surface area contributed by atoms with Gasteiger partial charge in [-0.05, 0) is 38.3 Å². The van der Waals surface area contributed by atoms with E-state index in [9.17, 15) is 0 Å². The van der Waals surface area contributed by atoms with Gasteiger partial charge in [0, 0.05) is 17.9 Å². The number of imidazole rings is 1. The van der Waals surface area contributed by atoms with E-state index >= 15 is 0 Å². The van der Waals surface area contributed by atoms with E-state index in [-0.39, 0.29) is 24.0 Å². The van der Waals surface area contributed by atoms with Crippen LogP contribution in [-0.2, 0) is 6.54 Å². The molecule has 0 radical (unpaired) electrons. The van der Waals surface area contributed by atoms with Crippen LogP contribution < -0.4 is 11.1 Å². The average molecular weight is 443 g/mol. The Labute approximate surface area is 162 Å². The molecule has 0 aliphatic rings. The molecule has 2 aromatic rings. The van der Waals surface area contributed by atoms with Crippen molar-refractivity contribution < 1.29 is 0 Å². The molecule has 0 saturated carbocycles. The first-order chi connectivity index (χ1) is 11.0. The van der Waals surface area contributed by atoms with Crippen molar-refractivity contribution in [2.45, 2.75) is 59.5 Å². The highest BCUT2D eigenvalue weighted by molar-refractivity contribution is 14.0. The van der Waals surface area contributed by atoms with Gasteiger partial charge in [-0.2, -0.15) is 0 Å². The van der Waals surface area contributed by atoms with Gasteiger partial charge in [-0.25, -0.2) is 9.98 Å². The van der Waals surface area contributed by atoms with Crippen LogP contribution in [0.2, 0.25) is 0 Å². The van der Waals surface area contributed by atoms with E-state index in [4.69, 9.17) is 5.73 Å². The zero-order chi connectivity index (χ0) is 16.8. The van der Waals surface area contributed by atoms with Crippen LogP contribution in [0.5, 0.6) is 0 Å². The first-order valence-electron chi connectivity index (χ1n) is 8.45. The van der Waals surface area contributed by atoms with Crippen LogP contribution in [0.3, 0.4) is 0 Å². The van der Waals surface area contributed by atoms with Gasteiger partial charge in [0.1, 0.15) is 5.65 Å². The Morgan fingerprint density at radius 3 is 2.71 bits per heavy atom. The molecule has 0 amide bonds. The number of aliphatic imine (C=N–C) groups is 1. The van der Waals surface area contributed by atoms with E-state index in [1.54, 1.807) is 0 Å². The summed E-state index contributed by atoms with van der Waals surface area (Å²) in [6.07, 6.45) is 5.60. The van der Waals surface area contributed by atoms with Crippen LogP contribution in [0.4, 0.5) is 0 Å². The van der Waals surface area contributed by atoms with E-state index in [0.29, 0.717) is 18.5 Å². The summed E-state index contributed by atoms with van der Waals surface area (Å²) in [6, 6.07) is 6.43. The minimum absolute atomic E-state index is 0. The maximum Gasteiger partial charge on any atom is 0.189 e. The molecule has 134 valence electrons. The van der Waals surface area contributed by atoms with Gasteiger partial charge in [-0.3, -0.25) is 0 Å². The number of nitrogens with two attached hydrogens (primary N) is 1. The lowest BCUT2D eigenvalue weighted by molar-refractivity contribution is 0.493. The number of fused-ring (bicyclic) bond motifs is 1. The van der Waals surface area contributed by atoms with Crippen molar-refractivity contribution in [3.63, 3.8) is 0 Å². The highest BCUT2D eigenvalue weighted by Crippen LogP contribution is 2.10. The van der Waals surface area contributed by atoms with Crippen molar-refractivity contribution in [3.8, 4) is 0 Å². The second-order valence-electron chi connectivity index (χ2n) is 6.70. The molecular weight excluding hydrogens is 413 g/mol. The van der Waals surface area contributed by atoms with Gasteiger partial charge in [0.05, 0.1) is 12.2 Å². The van der Waals surface area contributed by atoms with Gasteiger partial charge in [0.25, 0.3) is 0 Å². The van der Waals surface area contributed by atoms with Crippen molar-refractivity contribution in [1.29, 1.82) is 0 Å². The first-order valence-corrected chi connectivity index (χ1v) is 8.45. The minimum Gasteiger partial charge on any atom is -0.370 e. The molecular formula is C18H30IN5. The minimum atomic E-state index is 0. The molecule has 0 spiro atoms. The number of nitrogens with one attached hydrogen (secondary N) is 1. The molecule has 1 atom stereocenters. The average Bonchev–Trinajstić information content (AvgIpc) is 2.89. The van der Waals surface area contributed by atoms with E-state index in [1.807, 2.05) is 18.3 Å². The van der Waals surface area contributed by atoms with E-state index in [2.05, 4.69) is 53.5 Å². The van der Waals surface area contributed by atoms with E-state index in [1.165, 1.54) is 12.8 Å². The van der Waals surface area contributed by atoms with Gasteiger partial charge in [0.2, 0.25) is 0 Å². The molecule has 2 aromatic heterocycles. The summed E-state index contributed by atoms with van der Waals surface area (Å²) in [6.45, 7) is 9.22. The summed E-state index contributed by atoms with van der Waals surface area (Å²) in [5, 5.41) is 3.26. The molecule has 6 heteroatoms. The quantitative estimate of drug-likeness (QED) is 0.388. The van der Waals surface area contributed by atoms with Crippen molar-refractivity contribution in [3.05, 3.63) is 35.8 Å². The topological polar surface area (TPSA) is 67.7 Å². The van der Waals surface area contributed by atoms with Gasteiger partial charge >= 0.3 is 0 Å². The Kier molecular flexibility index (Phi) is 8.52. The van der Waals surface area contributed by atoms with Gasteiger partial charge < -0.3 is 15.5 Å². The number of halogens is 1. The number of guanidine groups is 1.